The minimum Gasteiger partial charge on any atom is -0.484 e. The smallest absolute Gasteiger partial charge is 0.276 e. The molecule has 0 bridgehead atoms. The van der Waals surface area contributed by atoms with Gasteiger partial charge in [-0.2, -0.15) is 0 Å². The SMILES string of the molecule is CCC(=O)NC(=S)NNC(=O)COc1cc(C)cc(C)c1. The summed E-state index contributed by atoms with van der Waals surface area (Å²) in [5.74, 6) is 0.00000359. The fourth-order valence-electron chi connectivity index (χ4n) is 1.57. The summed E-state index contributed by atoms with van der Waals surface area (Å²) in [4.78, 5) is 22.6. The molecule has 0 unspecified atom stereocenters. The summed E-state index contributed by atoms with van der Waals surface area (Å²) in [6, 6.07) is 5.71. The fraction of sp³-hybridized carbons (Fsp3) is 0.357. The molecule has 0 aliphatic heterocycles. The van der Waals surface area contributed by atoms with Gasteiger partial charge in [-0.05, 0) is 49.3 Å². The van der Waals surface area contributed by atoms with E-state index in [1.807, 2.05) is 32.0 Å². The molecule has 2 amide bonds. The molecule has 114 valence electrons. The number of hydrogen-bond acceptors (Lipinski definition) is 4. The average Bonchev–Trinajstić information content (AvgIpc) is 2.41. The van der Waals surface area contributed by atoms with Gasteiger partial charge < -0.3 is 10.1 Å². The Morgan fingerprint density at radius 2 is 1.71 bits per heavy atom. The van der Waals surface area contributed by atoms with E-state index in [2.05, 4.69) is 16.2 Å². The summed E-state index contributed by atoms with van der Waals surface area (Å²) in [6.45, 7) is 5.46. The van der Waals surface area contributed by atoms with Crippen molar-refractivity contribution < 1.29 is 14.3 Å². The highest BCUT2D eigenvalue weighted by Crippen LogP contribution is 2.15. The van der Waals surface area contributed by atoms with Crippen LogP contribution in [-0.4, -0.2) is 23.5 Å². The molecule has 0 saturated heterocycles. The van der Waals surface area contributed by atoms with Gasteiger partial charge in [0, 0.05) is 6.42 Å². The number of nitrogens with one attached hydrogen (secondary N) is 3. The van der Waals surface area contributed by atoms with Crippen molar-refractivity contribution in [3.63, 3.8) is 0 Å². The lowest BCUT2D eigenvalue weighted by atomic mass is 10.1. The summed E-state index contributed by atoms with van der Waals surface area (Å²) in [5.41, 5.74) is 6.89. The third-order valence-corrected chi connectivity index (χ3v) is 2.66. The van der Waals surface area contributed by atoms with Gasteiger partial charge in [0.15, 0.2) is 11.7 Å². The lowest BCUT2D eigenvalue weighted by molar-refractivity contribution is -0.124. The zero-order chi connectivity index (χ0) is 15.8. The van der Waals surface area contributed by atoms with Crippen LogP contribution in [-0.2, 0) is 9.59 Å². The van der Waals surface area contributed by atoms with Crippen molar-refractivity contribution in [2.75, 3.05) is 6.61 Å². The van der Waals surface area contributed by atoms with Crippen LogP contribution in [0.25, 0.3) is 0 Å². The van der Waals surface area contributed by atoms with Crippen LogP contribution in [0.3, 0.4) is 0 Å². The van der Waals surface area contributed by atoms with E-state index in [1.54, 1.807) is 6.92 Å². The van der Waals surface area contributed by atoms with Gasteiger partial charge in [-0.1, -0.05) is 13.0 Å². The first-order valence-corrected chi connectivity index (χ1v) is 6.91. The molecular weight excluding hydrogens is 290 g/mol. The molecule has 7 heteroatoms. The molecule has 1 rings (SSSR count). The molecule has 0 spiro atoms. The van der Waals surface area contributed by atoms with Crippen LogP contribution in [0.1, 0.15) is 24.5 Å². The first-order chi connectivity index (χ1) is 9.90. The predicted octanol–water partition coefficient (Wildman–Crippen LogP) is 1.11. The number of ether oxygens (including phenoxy) is 1. The summed E-state index contributed by atoms with van der Waals surface area (Å²) in [7, 11) is 0. The first-order valence-electron chi connectivity index (χ1n) is 6.50. The average molecular weight is 309 g/mol. The molecule has 0 aliphatic carbocycles. The molecular formula is C14H19N3O3S. The van der Waals surface area contributed by atoms with E-state index in [0.717, 1.165) is 11.1 Å². The number of carbonyl (C=O) groups is 2. The molecule has 0 heterocycles. The minimum atomic E-state index is -0.401. The zero-order valence-corrected chi connectivity index (χ0v) is 13.1. The van der Waals surface area contributed by atoms with E-state index >= 15 is 0 Å². The molecule has 3 N–H and O–H groups in total. The van der Waals surface area contributed by atoms with Crippen molar-refractivity contribution in [1.82, 2.24) is 16.2 Å². The Morgan fingerprint density at radius 3 is 2.29 bits per heavy atom. The molecule has 0 radical (unpaired) electrons. The number of hydrazine groups is 1. The largest absolute Gasteiger partial charge is 0.484 e. The van der Waals surface area contributed by atoms with Crippen LogP contribution in [0.15, 0.2) is 18.2 Å². The van der Waals surface area contributed by atoms with Gasteiger partial charge in [-0.15, -0.1) is 0 Å². The maximum absolute atomic E-state index is 11.6. The number of benzene rings is 1. The van der Waals surface area contributed by atoms with Gasteiger partial charge >= 0.3 is 0 Å². The summed E-state index contributed by atoms with van der Waals surface area (Å²) in [5, 5.41) is 2.44. The van der Waals surface area contributed by atoms with Crippen molar-refractivity contribution in [3.05, 3.63) is 29.3 Å². The van der Waals surface area contributed by atoms with E-state index in [4.69, 9.17) is 17.0 Å². The van der Waals surface area contributed by atoms with E-state index < -0.39 is 5.91 Å². The van der Waals surface area contributed by atoms with Crippen molar-refractivity contribution >= 4 is 29.1 Å². The van der Waals surface area contributed by atoms with Crippen LogP contribution in [0, 0.1) is 13.8 Å². The standard InChI is InChI=1S/C14H19N3O3S/c1-4-12(18)15-14(21)17-16-13(19)8-20-11-6-9(2)5-10(3)7-11/h5-7H,4,8H2,1-3H3,(H,16,19)(H2,15,17,18,21). The zero-order valence-electron chi connectivity index (χ0n) is 12.3. The van der Waals surface area contributed by atoms with Crippen LogP contribution >= 0.6 is 12.2 Å². The highest BCUT2D eigenvalue weighted by atomic mass is 32.1. The van der Waals surface area contributed by atoms with Crippen molar-refractivity contribution in [3.8, 4) is 5.75 Å². The number of hydrogen-bond donors (Lipinski definition) is 3. The van der Waals surface area contributed by atoms with Crippen molar-refractivity contribution in [2.24, 2.45) is 0 Å². The van der Waals surface area contributed by atoms with Gasteiger partial charge in [0.1, 0.15) is 5.75 Å². The Labute approximate surface area is 129 Å². The maximum atomic E-state index is 11.6. The monoisotopic (exact) mass is 309 g/mol. The quantitative estimate of drug-likeness (QED) is 0.574. The van der Waals surface area contributed by atoms with Crippen molar-refractivity contribution in [2.45, 2.75) is 27.2 Å². The molecule has 6 nitrogen and oxygen atoms in total. The lowest BCUT2D eigenvalue weighted by Crippen LogP contribution is -2.49. The third-order valence-electron chi connectivity index (χ3n) is 2.45. The first kappa shape index (κ1) is 16.9. The van der Waals surface area contributed by atoms with E-state index in [0.29, 0.717) is 12.2 Å². The topological polar surface area (TPSA) is 79.5 Å². The van der Waals surface area contributed by atoms with E-state index in [9.17, 15) is 9.59 Å². The second-order valence-corrected chi connectivity index (χ2v) is 4.92. The molecule has 1 aromatic carbocycles. The fourth-order valence-corrected chi connectivity index (χ4v) is 1.74. The van der Waals surface area contributed by atoms with E-state index in [-0.39, 0.29) is 17.6 Å². The summed E-state index contributed by atoms with van der Waals surface area (Å²) in [6.07, 6.45) is 0.311. The Kier molecular flexibility index (Phi) is 6.61. The Bertz CT molecular complexity index is 526. The van der Waals surface area contributed by atoms with Crippen LogP contribution < -0.4 is 20.9 Å². The minimum absolute atomic E-state index is 0.0431. The molecule has 0 aliphatic rings. The Morgan fingerprint density at radius 1 is 1.10 bits per heavy atom. The maximum Gasteiger partial charge on any atom is 0.276 e. The third kappa shape index (κ3) is 6.71. The second-order valence-electron chi connectivity index (χ2n) is 4.52. The van der Waals surface area contributed by atoms with E-state index in [1.165, 1.54) is 0 Å². The van der Waals surface area contributed by atoms with Gasteiger partial charge in [-0.25, -0.2) is 0 Å². The molecule has 1 aromatic rings. The van der Waals surface area contributed by atoms with Gasteiger partial charge in [0.25, 0.3) is 5.91 Å². The van der Waals surface area contributed by atoms with Crippen LogP contribution in [0.4, 0.5) is 0 Å². The van der Waals surface area contributed by atoms with Gasteiger partial charge in [-0.3, -0.25) is 20.4 Å². The predicted molar refractivity (Wildman–Crippen MR) is 83.7 cm³/mol. The normalized spacial score (nSPS) is 9.67. The molecule has 0 aromatic heterocycles. The summed E-state index contributed by atoms with van der Waals surface area (Å²) >= 11 is 4.83. The Balaban J connectivity index is 2.34. The molecule has 0 saturated carbocycles. The molecule has 0 atom stereocenters. The highest BCUT2D eigenvalue weighted by Gasteiger charge is 2.05. The Hall–Kier alpha value is -2.15. The number of carbonyl (C=O) groups excluding carboxylic acids is 2. The van der Waals surface area contributed by atoms with Crippen LogP contribution in [0.5, 0.6) is 5.75 Å². The number of amides is 2. The van der Waals surface area contributed by atoms with Crippen molar-refractivity contribution in [1.29, 1.82) is 0 Å². The second kappa shape index (κ2) is 8.21. The van der Waals surface area contributed by atoms with Gasteiger partial charge in [0.05, 0.1) is 0 Å². The lowest BCUT2D eigenvalue weighted by Gasteiger charge is -2.11. The number of aryl methyl sites for hydroxylation is 2. The molecule has 21 heavy (non-hydrogen) atoms. The summed E-state index contributed by atoms with van der Waals surface area (Å²) < 4.78 is 5.38. The number of thiocarbonyl (C=S) groups is 1. The van der Waals surface area contributed by atoms with Crippen LogP contribution in [0.2, 0.25) is 0 Å². The molecule has 0 fully saturated rings. The highest BCUT2D eigenvalue weighted by molar-refractivity contribution is 7.80. The number of rotatable bonds is 4. The van der Waals surface area contributed by atoms with Gasteiger partial charge in [0.2, 0.25) is 5.91 Å².